The Morgan fingerprint density at radius 2 is 2.18 bits per heavy atom. The molecule has 0 aliphatic rings. The quantitative estimate of drug-likeness (QED) is 0.442. The standard InChI is InChI=1S/C6H12N2O3/c1-8-6(11)4(7)2-3-5(9)10/h4H,2-3,7H2,1H3,(H,8,11)(H,9,10)/p+2. The van der Waals surface area contributed by atoms with Gasteiger partial charge in [-0.2, -0.15) is 0 Å². The Labute approximate surface area is 64.6 Å². The second kappa shape index (κ2) is 4.68. The van der Waals surface area contributed by atoms with E-state index in [0.29, 0.717) is 6.42 Å². The first-order valence-electron chi connectivity index (χ1n) is 3.37. The third-order valence-corrected chi connectivity index (χ3v) is 1.34. The molecule has 0 spiro atoms. The Hall–Kier alpha value is -1.10. The van der Waals surface area contributed by atoms with Crippen LogP contribution in [0.3, 0.4) is 0 Å². The molecule has 64 valence electrons. The molecule has 0 aromatic carbocycles. The van der Waals surface area contributed by atoms with Gasteiger partial charge in [-0.3, -0.25) is 4.79 Å². The molecule has 5 nitrogen and oxygen atoms in total. The van der Waals surface area contributed by atoms with E-state index in [4.69, 9.17) is 5.11 Å². The van der Waals surface area contributed by atoms with Crippen LogP contribution < -0.4 is 11.1 Å². The van der Waals surface area contributed by atoms with E-state index in [0.717, 1.165) is 0 Å². The molecule has 0 aromatic heterocycles. The average Bonchev–Trinajstić information content (AvgIpc) is 1.98. The molecule has 0 rings (SSSR count). The third-order valence-electron chi connectivity index (χ3n) is 1.34. The van der Waals surface area contributed by atoms with E-state index in [1.807, 2.05) is 0 Å². The fraction of sp³-hybridized carbons (Fsp3) is 0.667. The van der Waals surface area contributed by atoms with Crippen molar-refractivity contribution >= 4 is 11.9 Å². The highest BCUT2D eigenvalue weighted by molar-refractivity contribution is 5.80. The predicted octanol–water partition coefficient (Wildman–Crippen LogP) is -2.63. The lowest BCUT2D eigenvalue weighted by atomic mass is 10.1. The lowest BCUT2D eigenvalue weighted by Gasteiger charge is -2.02. The second-order valence-corrected chi connectivity index (χ2v) is 2.27. The normalized spacial score (nSPS) is 12.2. The molecule has 0 bridgehead atoms. The molecule has 0 radical (unpaired) electrons. The summed E-state index contributed by atoms with van der Waals surface area (Å²) in [6.45, 7) is 0. The van der Waals surface area contributed by atoms with Gasteiger partial charge in [0.25, 0.3) is 5.91 Å². The van der Waals surface area contributed by atoms with Crippen molar-refractivity contribution in [1.29, 1.82) is 0 Å². The van der Waals surface area contributed by atoms with E-state index >= 15 is 0 Å². The Morgan fingerprint density at radius 3 is 2.55 bits per heavy atom. The van der Waals surface area contributed by atoms with E-state index in [9.17, 15) is 9.59 Å². The summed E-state index contributed by atoms with van der Waals surface area (Å²) >= 11 is 0. The third kappa shape index (κ3) is 4.32. The molecule has 1 unspecified atom stereocenters. The summed E-state index contributed by atoms with van der Waals surface area (Å²) < 4.78 is 0. The van der Waals surface area contributed by atoms with Crippen LogP contribution in [-0.2, 0) is 9.59 Å². The van der Waals surface area contributed by atoms with E-state index < -0.39 is 12.0 Å². The number of nitrogens with one attached hydrogen (secondary N) is 1. The van der Waals surface area contributed by atoms with Crippen LogP contribution in [0.5, 0.6) is 0 Å². The molecule has 0 aliphatic carbocycles. The van der Waals surface area contributed by atoms with Gasteiger partial charge in [-0.1, -0.05) is 0 Å². The Bertz CT molecular complexity index is 158. The molecule has 0 saturated carbocycles. The van der Waals surface area contributed by atoms with Crippen LogP contribution in [0.25, 0.3) is 0 Å². The smallest absolute Gasteiger partial charge is 0.516 e. The van der Waals surface area contributed by atoms with E-state index in [1.165, 1.54) is 7.05 Å². The van der Waals surface area contributed by atoms with Crippen molar-refractivity contribution in [3.05, 3.63) is 0 Å². The average molecular weight is 162 g/mol. The number of amides is 1. The molecule has 6 N–H and O–H groups in total. The van der Waals surface area contributed by atoms with Gasteiger partial charge in [0.2, 0.25) is 0 Å². The Balaban J connectivity index is 3.60. The van der Waals surface area contributed by atoms with Crippen LogP contribution >= 0.6 is 0 Å². The molecule has 1 atom stereocenters. The predicted molar refractivity (Wildman–Crippen MR) is 38.6 cm³/mol. The molecule has 0 aliphatic heterocycles. The van der Waals surface area contributed by atoms with Gasteiger partial charge < -0.3 is 16.2 Å². The maximum atomic E-state index is 10.8. The summed E-state index contributed by atoms with van der Waals surface area (Å²) in [4.78, 5) is 20.9. The van der Waals surface area contributed by atoms with Gasteiger partial charge in [0.15, 0.2) is 6.04 Å². The van der Waals surface area contributed by atoms with E-state index in [2.05, 4.69) is 11.1 Å². The summed E-state index contributed by atoms with van der Waals surface area (Å²) in [5, 5.41) is 8.99. The zero-order valence-corrected chi connectivity index (χ0v) is 6.52. The number of carbonyl (C=O) groups excluding carboxylic acids is 2. The molecular weight excluding hydrogens is 148 g/mol. The number of carbonyl (C=O) groups is 2. The summed E-state index contributed by atoms with van der Waals surface area (Å²) in [5.41, 5.74) is 3.53. The van der Waals surface area contributed by atoms with Crippen molar-refractivity contribution in [2.75, 3.05) is 7.05 Å². The maximum Gasteiger partial charge on any atom is 0.516 e. The maximum absolute atomic E-state index is 10.8. The van der Waals surface area contributed by atoms with Crippen LogP contribution in [0.2, 0.25) is 0 Å². The van der Waals surface area contributed by atoms with Gasteiger partial charge in [-0.25, -0.2) is 0 Å². The van der Waals surface area contributed by atoms with Gasteiger partial charge >= 0.3 is 5.97 Å². The van der Waals surface area contributed by atoms with Crippen LogP contribution in [0.4, 0.5) is 0 Å². The minimum absolute atomic E-state index is 0.0988. The van der Waals surface area contributed by atoms with Crippen molar-refractivity contribution in [1.82, 2.24) is 5.32 Å². The molecular formula is C6H14N2O3+2. The monoisotopic (exact) mass is 162 g/mol. The number of hydrogen-bond donors (Lipinski definition) is 2. The first-order chi connectivity index (χ1) is 5.07. The minimum Gasteiger partial charge on any atom is -0.565 e. The Kier molecular flexibility index (Phi) is 4.21. The SMILES string of the molecule is CNC(=O)C([NH3+])CCC(=O)[OH2+]. The van der Waals surface area contributed by atoms with Gasteiger partial charge in [0, 0.05) is 18.3 Å². The van der Waals surface area contributed by atoms with Crippen molar-refractivity contribution in [3.63, 3.8) is 0 Å². The molecule has 1 amide bonds. The highest BCUT2D eigenvalue weighted by atomic mass is 16.4. The van der Waals surface area contributed by atoms with Gasteiger partial charge in [-0.05, 0) is 0 Å². The fourth-order valence-electron chi connectivity index (χ4n) is 0.641. The number of rotatable bonds is 4. The van der Waals surface area contributed by atoms with Gasteiger partial charge in [0.1, 0.15) is 6.42 Å². The molecule has 0 fully saturated rings. The molecule has 0 heterocycles. The van der Waals surface area contributed by atoms with Crippen molar-refractivity contribution in [3.8, 4) is 0 Å². The van der Waals surface area contributed by atoms with Crippen LogP contribution in [0, 0.1) is 0 Å². The zero-order chi connectivity index (χ0) is 8.85. The van der Waals surface area contributed by atoms with Crippen molar-refractivity contribution < 1.29 is 20.4 Å². The van der Waals surface area contributed by atoms with Crippen LogP contribution in [0.15, 0.2) is 0 Å². The first-order valence-corrected chi connectivity index (χ1v) is 3.37. The van der Waals surface area contributed by atoms with E-state index in [-0.39, 0.29) is 12.3 Å². The van der Waals surface area contributed by atoms with Crippen LogP contribution in [-0.4, -0.2) is 30.1 Å². The number of hydrogen-bond acceptors (Lipinski definition) is 2. The molecule has 0 aromatic rings. The highest BCUT2D eigenvalue weighted by Gasteiger charge is 2.18. The lowest BCUT2D eigenvalue weighted by Crippen LogP contribution is -2.67. The van der Waals surface area contributed by atoms with Crippen molar-refractivity contribution in [2.45, 2.75) is 18.9 Å². The number of likely N-dealkylation sites (N-methyl/N-ethyl adjacent to an activating group) is 1. The molecule has 0 saturated heterocycles. The van der Waals surface area contributed by atoms with Gasteiger partial charge in [-0.15, -0.1) is 0 Å². The molecule has 5 heteroatoms. The number of quaternary nitrogens is 1. The topological polar surface area (TPSA) is 96.7 Å². The highest BCUT2D eigenvalue weighted by Crippen LogP contribution is 1.91. The summed E-state index contributed by atoms with van der Waals surface area (Å²) in [5.74, 6) is -0.839. The summed E-state index contributed by atoms with van der Waals surface area (Å²) in [7, 11) is 1.52. The molecule has 11 heavy (non-hydrogen) atoms. The first kappa shape index (κ1) is 9.90. The summed E-state index contributed by atoms with van der Waals surface area (Å²) in [6.07, 6.45) is 0.448. The van der Waals surface area contributed by atoms with Crippen LogP contribution in [0.1, 0.15) is 12.8 Å². The van der Waals surface area contributed by atoms with Gasteiger partial charge in [0.05, 0.1) is 0 Å². The summed E-state index contributed by atoms with van der Waals surface area (Å²) in [6, 6.07) is -0.422. The van der Waals surface area contributed by atoms with E-state index in [1.54, 1.807) is 0 Å². The Morgan fingerprint density at radius 1 is 1.64 bits per heavy atom. The lowest BCUT2D eigenvalue weighted by molar-refractivity contribution is -0.404. The van der Waals surface area contributed by atoms with Crippen molar-refractivity contribution in [2.24, 2.45) is 0 Å². The fourth-order valence-corrected chi connectivity index (χ4v) is 0.641. The minimum atomic E-state index is -0.650. The zero-order valence-electron chi connectivity index (χ0n) is 6.52. The second-order valence-electron chi connectivity index (χ2n) is 2.27. The largest absolute Gasteiger partial charge is 0.565 e.